The molecule has 4 heteroatoms. The molecule has 0 amide bonds. The number of carbonyl (C=O) groups is 1. The van der Waals surface area contributed by atoms with Crippen molar-refractivity contribution in [2.75, 3.05) is 0 Å². The first-order chi connectivity index (χ1) is 7.25. The van der Waals surface area contributed by atoms with Crippen LogP contribution in [0.25, 0.3) is 0 Å². The molecule has 0 atom stereocenters. The largest absolute Gasteiger partial charge is 1.00 e. The van der Waals surface area contributed by atoms with E-state index in [0.717, 1.165) is 5.56 Å². The normalized spacial score (nSPS) is 9.56. The quantitative estimate of drug-likeness (QED) is 0.538. The molecule has 0 saturated heterocycles. The van der Waals surface area contributed by atoms with Crippen LogP contribution >= 0.6 is 11.3 Å². The van der Waals surface area contributed by atoms with Crippen LogP contribution in [0.5, 0.6) is 0 Å². The summed E-state index contributed by atoms with van der Waals surface area (Å²) in [5.41, 5.74) is 2.00. The average molecular weight is 298 g/mol. The number of thiophene rings is 1. The maximum Gasteiger partial charge on any atom is 0.228 e. The summed E-state index contributed by atoms with van der Waals surface area (Å²) < 4.78 is 1.90. The number of pyridine rings is 1. The minimum absolute atomic E-state index is 0. The zero-order valence-electron chi connectivity index (χ0n) is 8.89. The van der Waals surface area contributed by atoms with E-state index in [0.29, 0.717) is 6.54 Å². The lowest BCUT2D eigenvalue weighted by Crippen LogP contribution is -3.00. The number of carbonyl (C=O) groups excluding carboxylic acids is 1. The summed E-state index contributed by atoms with van der Waals surface area (Å²) in [7, 11) is 0. The van der Waals surface area contributed by atoms with Crippen LogP contribution in [0.2, 0.25) is 0 Å². The van der Waals surface area contributed by atoms with Gasteiger partial charge in [-0.1, -0.05) is 0 Å². The maximum atomic E-state index is 11.7. The van der Waals surface area contributed by atoms with Gasteiger partial charge in [0, 0.05) is 23.1 Å². The third-order valence-corrected chi connectivity index (χ3v) is 2.91. The number of rotatable bonds is 3. The minimum atomic E-state index is 0. The molecule has 0 N–H and O–H groups in total. The van der Waals surface area contributed by atoms with Gasteiger partial charge in [-0.2, -0.15) is 15.9 Å². The Kier molecular flexibility index (Phi) is 4.83. The molecule has 2 aromatic heterocycles. The van der Waals surface area contributed by atoms with E-state index in [2.05, 4.69) is 0 Å². The van der Waals surface area contributed by atoms with Gasteiger partial charge in [-0.15, -0.1) is 0 Å². The first-order valence-electron chi connectivity index (χ1n) is 4.77. The van der Waals surface area contributed by atoms with Gasteiger partial charge >= 0.3 is 0 Å². The smallest absolute Gasteiger partial charge is 0.228 e. The molecule has 16 heavy (non-hydrogen) atoms. The van der Waals surface area contributed by atoms with Crippen LogP contribution in [0.15, 0.2) is 41.4 Å². The first-order valence-corrected chi connectivity index (χ1v) is 5.71. The number of aryl methyl sites for hydroxylation is 1. The lowest BCUT2D eigenvalue weighted by molar-refractivity contribution is -0.683. The number of halogens is 1. The molecule has 0 fully saturated rings. The van der Waals surface area contributed by atoms with Crippen LogP contribution in [0.3, 0.4) is 0 Å². The Hall–Kier alpha value is -1.00. The third-order valence-electron chi connectivity index (χ3n) is 2.23. The van der Waals surface area contributed by atoms with Crippen LogP contribution in [0, 0.1) is 6.92 Å². The monoisotopic (exact) mass is 297 g/mol. The van der Waals surface area contributed by atoms with Crippen LogP contribution < -0.4 is 21.5 Å². The number of Topliss-reactive ketones (excluding diaryl/α,β-unsaturated/α-hetero) is 1. The molecule has 0 aromatic carbocycles. The lowest BCUT2D eigenvalue weighted by Gasteiger charge is -1.95. The topological polar surface area (TPSA) is 20.9 Å². The number of aromatic nitrogens is 1. The number of hydrogen-bond acceptors (Lipinski definition) is 2. The highest BCUT2D eigenvalue weighted by molar-refractivity contribution is 7.08. The highest BCUT2D eigenvalue weighted by Gasteiger charge is 2.11. The van der Waals surface area contributed by atoms with Crippen molar-refractivity contribution in [1.29, 1.82) is 0 Å². The molecule has 0 aliphatic rings. The Morgan fingerprint density at radius 2 is 2.00 bits per heavy atom. The zero-order chi connectivity index (χ0) is 10.7. The van der Waals surface area contributed by atoms with Gasteiger partial charge in [-0.25, -0.2) is 0 Å². The maximum absolute atomic E-state index is 11.7. The molecule has 0 spiro atoms. The Morgan fingerprint density at radius 1 is 1.31 bits per heavy atom. The third kappa shape index (κ3) is 3.25. The SMILES string of the molecule is Cc1cc[n+](CC(=O)c2ccsc2)cc1.[Br-]. The molecule has 2 heterocycles. The molecule has 0 saturated carbocycles. The van der Waals surface area contributed by atoms with Crippen LogP contribution in [0.4, 0.5) is 0 Å². The standard InChI is InChI=1S/C12H12NOS.BrH/c1-10-2-5-13(6-3-10)8-12(14)11-4-7-15-9-11;/h2-7,9H,8H2,1H3;1H/q+1;/p-1. The van der Waals surface area contributed by atoms with Gasteiger partial charge in [0.1, 0.15) is 0 Å². The molecular weight excluding hydrogens is 286 g/mol. The van der Waals surface area contributed by atoms with Crippen molar-refractivity contribution in [1.82, 2.24) is 0 Å². The summed E-state index contributed by atoms with van der Waals surface area (Å²) in [5, 5.41) is 3.81. The molecule has 2 aromatic rings. The van der Waals surface area contributed by atoms with E-state index >= 15 is 0 Å². The predicted molar refractivity (Wildman–Crippen MR) is 60.0 cm³/mol. The molecule has 84 valence electrons. The van der Waals surface area contributed by atoms with Crippen LogP contribution in [-0.4, -0.2) is 5.78 Å². The Balaban J connectivity index is 0.00000128. The van der Waals surface area contributed by atoms with Crippen LogP contribution in [-0.2, 0) is 6.54 Å². The highest BCUT2D eigenvalue weighted by atomic mass is 79.9. The van der Waals surface area contributed by atoms with Crippen molar-refractivity contribution in [2.45, 2.75) is 13.5 Å². The first kappa shape index (κ1) is 13.1. The van der Waals surface area contributed by atoms with Crippen molar-refractivity contribution >= 4 is 17.1 Å². The van der Waals surface area contributed by atoms with Crippen molar-refractivity contribution in [3.8, 4) is 0 Å². The summed E-state index contributed by atoms with van der Waals surface area (Å²) in [5.74, 6) is 0.158. The second-order valence-electron chi connectivity index (χ2n) is 3.48. The second-order valence-corrected chi connectivity index (χ2v) is 4.26. The van der Waals surface area contributed by atoms with E-state index in [9.17, 15) is 4.79 Å². The molecule has 0 aliphatic heterocycles. The highest BCUT2D eigenvalue weighted by Crippen LogP contribution is 2.06. The van der Waals surface area contributed by atoms with E-state index in [1.54, 1.807) is 11.3 Å². The van der Waals surface area contributed by atoms with Crippen molar-refractivity contribution in [3.63, 3.8) is 0 Å². The number of ketones is 1. The van der Waals surface area contributed by atoms with Crippen molar-refractivity contribution in [2.24, 2.45) is 0 Å². The lowest BCUT2D eigenvalue weighted by atomic mass is 10.2. The van der Waals surface area contributed by atoms with Gasteiger partial charge in [0.2, 0.25) is 12.3 Å². The van der Waals surface area contributed by atoms with Gasteiger partial charge in [0.15, 0.2) is 12.4 Å². The van der Waals surface area contributed by atoms with Crippen molar-refractivity contribution < 1.29 is 26.3 Å². The summed E-state index contributed by atoms with van der Waals surface area (Å²) in [6.45, 7) is 2.45. The number of nitrogens with zero attached hydrogens (tertiary/aromatic N) is 1. The Morgan fingerprint density at radius 3 is 2.56 bits per heavy atom. The summed E-state index contributed by atoms with van der Waals surface area (Å²) in [6, 6.07) is 5.86. The van der Waals surface area contributed by atoms with E-state index in [-0.39, 0.29) is 22.8 Å². The van der Waals surface area contributed by atoms with Crippen molar-refractivity contribution in [3.05, 3.63) is 52.5 Å². The Bertz CT molecular complexity index is 450. The molecular formula is C12H12BrNOS. The fourth-order valence-electron chi connectivity index (χ4n) is 1.32. The molecule has 0 aliphatic carbocycles. The molecule has 2 rings (SSSR count). The van der Waals surface area contributed by atoms with E-state index in [1.165, 1.54) is 5.56 Å². The average Bonchev–Trinajstić information content (AvgIpc) is 2.74. The Labute approximate surface area is 109 Å². The molecule has 0 radical (unpaired) electrons. The van der Waals surface area contributed by atoms with Gasteiger partial charge < -0.3 is 17.0 Å². The van der Waals surface area contributed by atoms with Crippen LogP contribution in [0.1, 0.15) is 15.9 Å². The zero-order valence-corrected chi connectivity index (χ0v) is 11.3. The molecule has 0 bridgehead atoms. The van der Waals surface area contributed by atoms with Gasteiger partial charge in [-0.3, -0.25) is 4.79 Å². The predicted octanol–water partition coefficient (Wildman–Crippen LogP) is -0.769. The molecule has 2 nitrogen and oxygen atoms in total. The van der Waals surface area contributed by atoms with Gasteiger partial charge in [0.25, 0.3) is 0 Å². The van der Waals surface area contributed by atoms with Gasteiger partial charge in [-0.05, 0) is 23.9 Å². The van der Waals surface area contributed by atoms with Gasteiger partial charge in [0.05, 0.1) is 0 Å². The fraction of sp³-hybridized carbons (Fsp3) is 0.167. The fourth-order valence-corrected chi connectivity index (χ4v) is 1.98. The number of hydrogen-bond donors (Lipinski definition) is 0. The summed E-state index contributed by atoms with van der Waals surface area (Å²) in [4.78, 5) is 11.7. The van der Waals surface area contributed by atoms with E-state index in [1.807, 2.05) is 52.8 Å². The molecule has 0 unspecified atom stereocenters. The summed E-state index contributed by atoms with van der Waals surface area (Å²) >= 11 is 1.55. The second kappa shape index (κ2) is 5.92. The van der Waals surface area contributed by atoms with E-state index in [4.69, 9.17) is 0 Å². The minimum Gasteiger partial charge on any atom is -1.00 e. The summed E-state index contributed by atoms with van der Waals surface area (Å²) in [6.07, 6.45) is 3.86. The van der Waals surface area contributed by atoms with E-state index < -0.39 is 0 Å².